The number of aliphatic hydroxyl groups is 1. The van der Waals surface area contributed by atoms with Crippen molar-refractivity contribution in [2.24, 2.45) is 28.5 Å². The molecule has 10 heteroatoms. The van der Waals surface area contributed by atoms with Gasteiger partial charge >= 0.3 is 6.03 Å². The zero-order valence-electron chi connectivity index (χ0n) is 22.7. The number of urea groups is 1. The van der Waals surface area contributed by atoms with Gasteiger partial charge in [0.2, 0.25) is 0 Å². The van der Waals surface area contributed by atoms with Crippen molar-refractivity contribution in [1.29, 1.82) is 0 Å². The molecule has 2 amide bonds. The van der Waals surface area contributed by atoms with E-state index in [4.69, 9.17) is 15.2 Å². The Labute approximate surface area is 232 Å². The number of methoxy groups -OCH3 is 2. The molecular weight excluding hydrogens is 514 g/mol. The van der Waals surface area contributed by atoms with Crippen molar-refractivity contribution >= 4 is 40.2 Å². The second-order valence-corrected chi connectivity index (χ2v) is 11.0. The van der Waals surface area contributed by atoms with E-state index in [-0.39, 0.29) is 17.5 Å². The van der Waals surface area contributed by atoms with Crippen LogP contribution in [0.1, 0.15) is 32.3 Å². The molecule has 2 atom stereocenters. The van der Waals surface area contributed by atoms with Gasteiger partial charge in [-0.05, 0) is 67.0 Å². The SMILES string of the molecule is COCCC1CC1Cc1cc2ncnc(Sc3cccc(NC(=O)/N=C(N)\C=C(/O)C(C)C)c3)c2cc1OC. The number of aliphatic imine (C=N–C) groups is 1. The van der Waals surface area contributed by atoms with E-state index in [1.165, 1.54) is 24.3 Å². The number of fused-ring (bicyclic) bond motifs is 1. The van der Waals surface area contributed by atoms with Gasteiger partial charge in [-0.2, -0.15) is 4.99 Å². The molecular formula is C29H35N5O4S. The van der Waals surface area contributed by atoms with E-state index in [0.717, 1.165) is 51.6 Å². The maximum Gasteiger partial charge on any atom is 0.347 e. The van der Waals surface area contributed by atoms with Crippen LogP contribution in [0.3, 0.4) is 0 Å². The minimum Gasteiger partial charge on any atom is -0.512 e. The van der Waals surface area contributed by atoms with Gasteiger partial charge in [-0.15, -0.1) is 0 Å². The predicted octanol–water partition coefficient (Wildman–Crippen LogP) is 5.99. The Kier molecular flexibility index (Phi) is 9.42. The van der Waals surface area contributed by atoms with Crippen LogP contribution in [0.2, 0.25) is 0 Å². The summed E-state index contributed by atoms with van der Waals surface area (Å²) >= 11 is 1.47. The summed E-state index contributed by atoms with van der Waals surface area (Å²) in [5, 5.41) is 14.2. The van der Waals surface area contributed by atoms with Gasteiger partial charge in [0, 0.05) is 41.7 Å². The van der Waals surface area contributed by atoms with Gasteiger partial charge in [-0.3, -0.25) is 0 Å². The average Bonchev–Trinajstić information content (AvgIpc) is 3.64. The summed E-state index contributed by atoms with van der Waals surface area (Å²) < 4.78 is 11.0. The van der Waals surface area contributed by atoms with Crippen molar-refractivity contribution in [2.75, 3.05) is 26.1 Å². The topological polar surface area (TPSA) is 132 Å². The number of hydrogen-bond acceptors (Lipinski definition) is 7. The number of nitrogens with zero attached hydrogens (tertiary/aromatic N) is 3. The number of carbonyl (C=O) groups is 1. The third-order valence-electron chi connectivity index (χ3n) is 6.66. The minimum absolute atomic E-state index is 0.0575. The van der Waals surface area contributed by atoms with Crippen LogP contribution < -0.4 is 15.8 Å². The van der Waals surface area contributed by atoms with Crippen molar-refractivity contribution in [2.45, 2.75) is 43.0 Å². The zero-order valence-corrected chi connectivity index (χ0v) is 23.5. The first-order valence-electron chi connectivity index (χ1n) is 12.9. The lowest BCUT2D eigenvalue weighted by Gasteiger charge is -2.12. The molecule has 1 aliphatic carbocycles. The number of allylic oxidation sites excluding steroid dienone is 1. The van der Waals surface area contributed by atoms with Gasteiger partial charge in [0.15, 0.2) is 0 Å². The molecule has 1 fully saturated rings. The van der Waals surface area contributed by atoms with Crippen LogP contribution in [-0.2, 0) is 11.2 Å². The predicted molar refractivity (Wildman–Crippen MR) is 155 cm³/mol. The normalized spacial score (nSPS) is 17.5. The summed E-state index contributed by atoms with van der Waals surface area (Å²) in [5.74, 6) is 2.07. The highest BCUT2D eigenvalue weighted by Gasteiger charge is 2.36. The Bertz CT molecular complexity index is 1390. The molecule has 1 aliphatic rings. The summed E-state index contributed by atoms with van der Waals surface area (Å²) in [5.41, 5.74) is 8.34. The lowest BCUT2D eigenvalue weighted by molar-refractivity contribution is 0.188. The number of benzene rings is 2. The number of nitrogens with two attached hydrogens (primary N) is 1. The fourth-order valence-corrected chi connectivity index (χ4v) is 5.30. The molecule has 0 bridgehead atoms. The Balaban J connectivity index is 1.49. The first-order chi connectivity index (χ1) is 18.8. The monoisotopic (exact) mass is 549 g/mol. The third-order valence-corrected chi connectivity index (χ3v) is 7.67. The smallest absolute Gasteiger partial charge is 0.347 e. The van der Waals surface area contributed by atoms with Crippen LogP contribution >= 0.6 is 11.8 Å². The molecule has 1 saturated carbocycles. The van der Waals surface area contributed by atoms with E-state index in [1.54, 1.807) is 26.6 Å². The zero-order chi connectivity index (χ0) is 27.9. The van der Waals surface area contributed by atoms with Crippen LogP contribution in [0.4, 0.5) is 10.5 Å². The Morgan fingerprint density at radius 1 is 1.26 bits per heavy atom. The number of ether oxygens (including phenoxy) is 2. The van der Waals surface area contributed by atoms with Gasteiger partial charge in [0.05, 0.1) is 18.4 Å². The summed E-state index contributed by atoms with van der Waals surface area (Å²) in [6.45, 7) is 4.43. The molecule has 0 spiro atoms. The molecule has 1 heterocycles. The molecule has 0 aliphatic heterocycles. The summed E-state index contributed by atoms with van der Waals surface area (Å²) in [6, 6.07) is 10.9. The standard InChI is InChI=1S/C29H35N5O4S/c1-17(2)25(35)15-27(30)34-29(36)33-21-6-5-7-22(13-21)39-28-23-14-26(38-4)20(12-24(23)31-16-32-28)11-19-10-18(19)8-9-37-3/h5-7,12-19,35H,8-11H2,1-4H3,(H3,30,33,34,36)/b25-15-. The second-order valence-electron chi connectivity index (χ2n) is 9.92. The highest BCUT2D eigenvalue weighted by atomic mass is 32.2. The van der Waals surface area contributed by atoms with E-state index in [2.05, 4.69) is 26.3 Å². The summed E-state index contributed by atoms with van der Waals surface area (Å²) in [6.07, 6.45) is 6.13. The number of carbonyl (C=O) groups excluding carboxylic acids is 1. The highest BCUT2D eigenvalue weighted by Crippen LogP contribution is 2.45. The molecule has 1 aromatic heterocycles. The number of hydrogen-bond donors (Lipinski definition) is 3. The van der Waals surface area contributed by atoms with Gasteiger partial charge in [0.25, 0.3) is 0 Å². The Hall–Kier alpha value is -3.63. The summed E-state index contributed by atoms with van der Waals surface area (Å²) in [4.78, 5) is 26.0. The number of amidine groups is 1. The van der Waals surface area contributed by atoms with Crippen molar-refractivity contribution in [3.05, 3.63) is 60.1 Å². The third kappa shape index (κ3) is 7.70. The van der Waals surface area contributed by atoms with Crippen LogP contribution in [0.15, 0.2) is 69.5 Å². The molecule has 4 N–H and O–H groups in total. The number of aromatic nitrogens is 2. The molecule has 0 saturated heterocycles. The van der Waals surface area contributed by atoms with E-state index in [0.29, 0.717) is 17.5 Å². The largest absolute Gasteiger partial charge is 0.512 e. The lowest BCUT2D eigenvalue weighted by Crippen LogP contribution is -2.16. The van der Waals surface area contributed by atoms with E-state index in [1.807, 2.05) is 38.1 Å². The molecule has 4 rings (SSSR count). The number of nitrogens with one attached hydrogen (secondary N) is 1. The number of anilines is 1. The van der Waals surface area contributed by atoms with Gasteiger partial charge in [0.1, 0.15) is 22.9 Å². The van der Waals surface area contributed by atoms with Gasteiger partial charge < -0.3 is 25.6 Å². The number of amides is 2. The fraction of sp³-hybridized carbons (Fsp3) is 0.379. The van der Waals surface area contributed by atoms with Crippen molar-refractivity contribution in [3.63, 3.8) is 0 Å². The van der Waals surface area contributed by atoms with Crippen molar-refractivity contribution < 1.29 is 19.4 Å². The van der Waals surface area contributed by atoms with E-state index >= 15 is 0 Å². The maximum absolute atomic E-state index is 12.3. The quantitative estimate of drug-likeness (QED) is 0.115. The molecule has 0 radical (unpaired) electrons. The second kappa shape index (κ2) is 12.9. The Morgan fingerprint density at radius 2 is 2.08 bits per heavy atom. The number of aliphatic hydroxyl groups excluding tert-OH is 1. The lowest BCUT2D eigenvalue weighted by atomic mass is 10.0. The van der Waals surface area contributed by atoms with Gasteiger partial charge in [-0.25, -0.2) is 14.8 Å². The van der Waals surface area contributed by atoms with Crippen molar-refractivity contribution in [3.8, 4) is 5.75 Å². The first-order valence-corrected chi connectivity index (χ1v) is 13.7. The van der Waals surface area contributed by atoms with E-state index in [9.17, 15) is 9.90 Å². The molecule has 206 valence electrons. The summed E-state index contributed by atoms with van der Waals surface area (Å²) in [7, 11) is 3.44. The molecule has 2 unspecified atom stereocenters. The Morgan fingerprint density at radius 3 is 2.82 bits per heavy atom. The fourth-order valence-electron chi connectivity index (χ4n) is 4.37. The highest BCUT2D eigenvalue weighted by molar-refractivity contribution is 7.99. The van der Waals surface area contributed by atoms with Crippen LogP contribution in [0, 0.1) is 17.8 Å². The van der Waals surface area contributed by atoms with Gasteiger partial charge in [-0.1, -0.05) is 31.7 Å². The van der Waals surface area contributed by atoms with Crippen LogP contribution in [-0.4, -0.2) is 47.8 Å². The molecule has 39 heavy (non-hydrogen) atoms. The van der Waals surface area contributed by atoms with Crippen LogP contribution in [0.5, 0.6) is 5.75 Å². The minimum atomic E-state index is -0.632. The molecule has 9 nitrogen and oxygen atoms in total. The van der Waals surface area contributed by atoms with Crippen molar-refractivity contribution in [1.82, 2.24) is 9.97 Å². The molecule has 3 aromatic rings. The maximum atomic E-state index is 12.3. The average molecular weight is 550 g/mol. The van der Waals surface area contributed by atoms with Crippen LogP contribution in [0.25, 0.3) is 10.9 Å². The number of rotatable bonds is 11. The molecule has 2 aromatic carbocycles. The first kappa shape index (κ1) is 28.4. The van der Waals surface area contributed by atoms with E-state index < -0.39 is 6.03 Å².